The molecule has 1 saturated heterocycles. The van der Waals surface area contributed by atoms with Crippen LogP contribution in [-0.2, 0) is 5.41 Å². The Hall–Kier alpha value is -2.82. The lowest BCUT2D eigenvalue weighted by atomic mass is 9.93. The summed E-state index contributed by atoms with van der Waals surface area (Å²) in [6, 6.07) is 10.4. The number of carbonyl (C=O) groups is 1. The minimum atomic E-state index is -0.125. The van der Waals surface area contributed by atoms with Crippen molar-refractivity contribution in [1.29, 1.82) is 0 Å². The maximum atomic E-state index is 13.0. The van der Waals surface area contributed by atoms with Crippen molar-refractivity contribution in [2.24, 2.45) is 0 Å². The Balaban J connectivity index is 1.52. The first-order valence-electron chi connectivity index (χ1n) is 9.88. The molecular weight excluding hydrogens is 348 g/mol. The van der Waals surface area contributed by atoms with E-state index in [1.807, 2.05) is 23.2 Å². The van der Waals surface area contributed by atoms with Crippen LogP contribution < -0.4 is 0 Å². The Labute approximate surface area is 165 Å². The number of hydrogen-bond donors (Lipinski definition) is 0. The summed E-state index contributed by atoms with van der Waals surface area (Å²) < 4.78 is 0. The Morgan fingerprint density at radius 3 is 2.46 bits per heavy atom. The van der Waals surface area contributed by atoms with E-state index in [1.165, 1.54) is 5.39 Å². The monoisotopic (exact) mass is 374 g/mol. The summed E-state index contributed by atoms with van der Waals surface area (Å²) in [5.41, 5.74) is 1.50. The maximum absolute atomic E-state index is 13.0. The Bertz CT molecular complexity index is 991. The Kier molecular flexibility index (Phi) is 4.84. The predicted octanol–water partition coefficient (Wildman–Crippen LogP) is 4.34. The smallest absolute Gasteiger partial charge is 0.257 e. The van der Waals surface area contributed by atoms with Gasteiger partial charge in [-0.3, -0.25) is 9.78 Å². The Morgan fingerprint density at radius 2 is 1.75 bits per heavy atom. The van der Waals surface area contributed by atoms with Crippen molar-refractivity contribution >= 4 is 16.7 Å². The van der Waals surface area contributed by atoms with Gasteiger partial charge in [-0.15, -0.1) is 0 Å². The molecule has 1 aromatic carbocycles. The summed E-state index contributed by atoms with van der Waals surface area (Å²) in [7, 11) is 0. The third kappa shape index (κ3) is 3.75. The number of likely N-dealkylation sites (tertiary alicyclic amines) is 1. The molecular formula is C23H26N4O. The molecule has 1 amide bonds. The molecule has 5 heteroatoms. The van der Waals surface area contributed by atoms with Crippen molar-refractivity contribution in [2.45, 2.75) is 44.9 Å². The average Bonchev–Trinajstić information content (AvgIpc) is 2.72. The number of carbonyl (C=O) groups excluding carboxylic acids is 1. The van der Waals surface area contributed by atoms with E-state index in [1.54, 1.807) is 12.4 Å². The highest BCUT2D eigenvalue weighted by molar-refractivity contribution is 5.93. The first-order valence-corrected chi connectivity index (χ1v) is 9.88. The number of aromatic nitrogens is 3. The van der Waals surface area contributed by atoms with Gasteiger partial charge >= 0.3 is 0 Å². The largest absolute Gasteiger partial charge is 0.338 e. The van der Waals surface area contributed by atoms with Gasteiger partial charge in [-0.25, -0.2) is 9.97 Å². The van der Waals surface area contributed by atoms with Crippen LogP contribution in [0.15, 0.2) is 48.9 Å². The minimum absolute atomic E-state index is 0.00551. The van der Waals surface area contributed by atoms with Crippen LogP contribution in [0.4, 0.5) is 0 Å². The summed E-state index contributed by atoms with van der Waals surface area (Å²) in [5.74, 6) is 1.02. The first-order chi connectivity index (χ1) is 13.4. The molecule has 0 N–H and O–H groups in total. The predicted molar refractivity (Wildman–Crippen MR) is 110 cm³/mol. The van der Waals surface area contributed by atoms with Gasteiger partial charge in [-0.2, -0.15) is 0 Å². The normalized spacial score (nSPS) is 17.7. The number of pyridine rings is 1. The van der Waals surface area contributed by atoms with E-state index in [-0.39, 0.29) is 17.2 Å². The third-order valence-electron chi connectivity index (χ3n) is 5.35. The van der Waals surface area contributed by atoms with E-state index in [0.717, 1.165) is 36.3 Å². The van der Waals surface area contributed by atoms with Gasteiger partial charge in [0.15, 0.2) is 0 Å². The molecule has 28 heavy (non-hydrogen) atoms. The standard InChI is InChI=1S/C23H26N4O/c1-23(2,3)22-25-13-19(14-26-22)21(28)27-10-6-9-18(15-27)20-11-16-7-4-5-8-17(16)12-24-20/h4-5,7-8,11-14,18H,6,9-10,15H2,1-3H3/t18-/m0/s1. The van der Waals surface area contributed by atoms with Crippen molar-refractivity contribution in [1.82, 2.24) is 19.9 Å². The highest BCUT2D eigenvalue weighted by Crippen LogP contribution is 2.28. The molecule has 1 atom stereocenters. The zero-order valence-electron chi connectivity index (χ0n) is 16.7. The van der Waals surface area contributed by atoms with Crippen LogP contribution >= 0.6 is 0 Å². The van der Waals surface area contributed by atoms with Gasteiger partial charge in [0.05, 0.1) is 5.56 Å². The maximum Gasteiger partial charge on any atom is 0.257 e. The molecule has 144 valence electrons. The molecule has 0 saturated carbocycles. The number of rotatable bonds is 2. The summed E-state index contributed by atoms with van der Waals surface area (Å²) in [4.78, 5) is 28.4. The van der Waals surface area contributed by atoms with Crippen LogP contribution in [0.25, 0.3) is 10.8 Å². The van der Waals surface area contributed by atoms with E-state index < -0.39 is 0 Å². The molecule has 1 aliphatic rings. The van der Waals surface area contributed by atoms with Gasteiger partial charge in [0.2, 0.25) is 0 Å². The number of piperidine rings is 1. The minimum Gasteiger partial charge on any atom is -0.338 e. The van der Waals surface area contributed by atoms with E-state index in [4.69, 9.17) is 0 Å². The van der Waals surface area contributed by atoms with Gasteiger partial charge in [-0.05, 0) is 24.3 Å². The molecule has 0 bridgehead atoms. The summed E-state index contributed by atoms with van der Waals surface area (Å²) in [6.45, 7) is 7.65. The molecule has 5 nitrogen and oxygen atoms in total. The van der Waals surface area contributed by atoms with Crippen LogP contribution in [0.1, 0.15) is 61.4 Å². The number of benzene rings is 1. The molecule has 3 heterocycles. The zero-order valence-corrected chi connectivity index (χ0v) is 16.7. The lowest BCUT2D eigenvalue weighted by molar-refractivity contribution is 0.0705. The van der Waals surface area contributed by atoms with Crippen molar-refractivity contribution in [3.63, 3.8) is 0 Å². The average molecular weight is 374 g/mol. The summed E-state index contributed by atoms with van der Waals surface area (Å²) in [5, 5.41) is 2.34. The Morgan fingerprint density at radius 1 is 1.04 bits per heavy atom. The molecule has 1 aliphatic heterocycles. The second kappa shape index (κ2) is 7.30. The van der Waals surface area contributed by atoms with Gasteiger partial charge < -0.3 is 4.90 Å². The van der Waals surface area contributed by atoms with E-state index in [9.17, 15) is 4.79 Å². The van der Waals surface area contributed by atoms with Crippen molar-refractivity contribution < 1.29 is 4.79 Å². The quantitative estimate of drug-likeness (QED) is 0.669. The fraction of sp³-hybridized carbons (Fsp3) is 0.391. The van der Waals surface area contributed by atoms with E-state index >= 15 is 0 Å². The van der Waals surface area contributed by atoms with Gasteiger partial charge in [-0.1, -0.05) is 45.0 Å². The van der Waals surface area contributed by atoms with Crippen LogP contribution in [0, 0.1) is 0 Å². The topological polar surface area (TPSA) is 59.0 Å². The van der Waals surface area contributed by atoms with E-state index in [0.29, 0.717) is 12.1 Å². The number of fused-ring (bicyclic) bond motifs is 1. The fourth-order valence-electron chi connectivity index (χ4n) is 3.74. The van der Waals surface area contributed by atoms with Gasteiger partial charge in [0, 0.05) is 54.1 Å². The van der Waals surface area contributed by atoms with Crippen molar-refractivity contribution in [2.75, 3.05) is 13.1 Å². The number of nitrogens with zero attached hydrogens (tertiary/aromatic N) is 4. The van der Waals surface area contributed by atoms with Gasteiger partial charge in [0.25, 0.3) is 5.91 Å². The van der Waals surface area contributed by atoms with Gasteiger partial charge in [0.1, 0.15) is 5.82 Å². The van der Waals surface area contributed by atoms with Crippen molar-refractivity contribution in [3.05, 3.63) is 66.0 Å². The number of amides is 1. The lowest BCUT2D eigenvalue weighted by Gasteiger charge is -2.32. The molecule has 1 fully saturated rings. The second-order valence-corrected chi connectivity index (χ2v) is 8.59. The second-order valence-electron chi connectivity index (χ2n) is 8.59. The van der Waals surface area contributed by atoms with Crippen LogP contribution in [0.2, 0.25) is 0 Å². The van der Waals surface area contributed by atoms with E-state index in [2.05, 4.69) is 53.9 Å². The lowest BCUT2D eigenvalue weighted by Crippen LogP contribution is -2.39. The van der Waals surface area contributed by atoms with Crippen LogP contribution in [-0.4, -0.2) is 38.8 Å². The molecule has 3 aromatic rings. The molecule has 0 aliphatic carbocycles. The van der Waals surface area contributed by atoms with Crippen LogP contribution in [0.3, 0.4) is 0 Å². The fourth-order valence-corrected chi connectivity index (χ4v) is 3.74. The SMILES string of the molecule is CC(C)(C)c1ncc(C(=O)N2CCC[C@H](c3cc4ccccc4cn3)C2)cn1. The zero-order chi connectivity index (χ0) is 19.7. The molecule has 4 rings (SSSR count). The number of hydrogen-bond acceptors (Lipinski definition) is 4. The molecule has 2 aromatic heterocycles. The summed E-state index contributed by atoms with van der Waals surface area (Å²) >= 11 is 0. The molecule has 0 radical (unpaired) electrons. The summed E-state index contributed by atoms with van der Waals surface area (Å²) in [6.07, 6.45) is 7.28. The van der Waals surface area contributed by atoms with Crippen molar-refractivity contribution in [3.8, 4) is 0 Å². The highest BCUT2D eigenvalue weighted by Gasteiger charge is 2.27. The van der Waals surface area contributed by atoms with Crippen LogP contribution in [0.5, 0.6) is 0 Å². The molecule has 0 unspecified atom stereocenters. The first kappa shape index (κ1) is 18.5. The third-order valence-corrected chi connectivity index (χ3v) is 5.35. The molecule has 0 spiro atoms. The highest BCUT2D eigenvalue weighted by atomic mass is 16.2.